The highest BCUT2D eigenvalue weighted by molar-refractivity contribution is 7.80. The van der Waals surface area contributed by atoms with Crippen LogP contribution in [0.4, 0.5) is 4.39 Å². The molecule has 104 valence electrons. The van der Waals surface area contributed by atoms with Crippen LogP contribution in [0.3, 0.4) is 0 Å². The van der Waals surface area contributed by atoms with Gasteiger partial charge in [-0.15, -0.1) is 0 Å². The first kappa shape index (κ1) is 14.4. The molecule has 1 saturated heterocycles. The van der Waals surface area contributed by atoms with Crippen molar-refractivity contribution in [3.8, 4) is 0 Å². The summed E-state index contributed by atoms with van der Waals surface area (Å²) in [7, 11) is 0. The van der Waals surface area contributed by atoms with Crippen LogP contribution in [0.25, 0.3) is 0 Å². The van der Waals surface area contributed by atoms with Crippen LogP contribution in [0.2, 0.25) is 0 Å². The summed E-state index contributed by atoms with van der Waals surface area (Å²) < 4.78 is 19.5. The molecule has 1 aliphatic rings. The number of hydrogen-bond acceptors (Lipinski definition) is 3. The molecule has 2 atom stereocenters. The minimum absolute atomic E-state index is 0.172. The highest BCUT2D eigenvalue weighted by Gasteiger charge is 2.22. The Morgan fingerprint density at radius 2 is 2.05 bits per heavy atom. The lowest BCUT2D eigenvalue weighted by atomic mass is 10.1. The second-order valence-corrected chi connectivity index (χ2v) is 5.56. The van der Waals surface area contributed by atoms with Gasteiger partial charge in [0.05, 0.1) is 12.2 Å². The quantitative estimate of drug-likeness (QED) is 0.861. The third kappa shape index (κ3) is 3.72. The van der Waals surface area contributed by atoms with Crippen molar-refractivity contribution >= 4 is 17.2 Å². The predicted octanol–water partition coefficient (Wildman–Crippen LogP) is 2.07. The Labute approximate surface area is 118 Å². The number of ether oxygens (including phenoxy) is 1. The number of morpholine rings is 1. The molecule has 1 aromatic carbocycles. The maximum atomic E-state index is 13.8. The van der Waals surface area contributed by atoms with Crippen LogP contribution in [0.1, 0.15) is 25.0 Å². The highest BCUT2D eigenvalue weighted by atomic mass is 32.1. The molecule has 19 heavy (non-hydrogen) atoms. The number of benzene rings is 1. The summed E-state index contributed by atoms with van der Waals surface area (Å²) >= 11 is 4.93. The Bertz CT molecular complexity index is 471. The molecule has 1 aromatic rings. The average Bonchev–Trinajstić information content (AvgIpc) is 2.30. The van der Waals surface area contributed by atoms with Crippen molar-refractivity contribution in [2.24, 2.45) is 5.73 Å². The van der Waals surface area contributed by atoms with Crippen molar-refractivity contribution in [1.82, 2.24) is 4.90 Å². The fourth-order valence-corrected chi connectivity index (χ4v) is 2.63. The summed E-state index contributed by atoms with van der Waals surface area (Å²) in [6.45, 7) is 6.23. The van der Waals surface area contributed by atoms with Crippen LogP contribution in [0.5, 0.6) is 0 Å². The van der Waals surface area contributed by atoms with Gasteiger partial charge in [-0.3, -0.25) is 4.90 Å². The Morgan fingerprint density at radius 3 is 2.63 bits per heavy atom. The zero-order chi connectivity index (χ0) is 14.0. The first-order valence-corrected chi connectivity index (χ1v) is 6.82. The molecule has 5 heteroatoms. The number of hydrogen-bond donors (Lipinski definition) is 1. The summed E-state index contributed by atoms with van der Waals surface area (Å²) in [4.78, 5) is 2.49. The van der Waals surface area contributed by atoms with E-state index in [4.69, 9.17) is 22.7 Å². The van der Waals surface area contributed by atoms with Gasteiger partial charge >= 0.3 is 0 Å². The first-order valence-electron chi connectivity index (χ1n) is 6.41. The molecule has 0 bridgehead atoms. The van der Waals surface area contributed by atoms with E-state index >= 15 is 0 Å². The Morgan fingerprint density at radius 1 is 1.42 bits per heavy atom. The molecule has 0 spiro atoms. The highest BCUT2D eigenvalue weighted by Crippen LogP contribution is 2.17. The van der Waals surface area contributed by atoms with Crippen molar-refractivity contribution in [2.75, 3.05) is 13.1 Å². The molecule has 0 unspecified atom stereocenters. The van der Waals surface area contributed by atoms with Gasteiger partial charge in [0.15, 0.2) is 0 Å². The van der Waals surface area contributed by atoms with E-state index in [1.54, 1.807) is 12.1 Å². The van der Waals surface area contributed by atoms with Gasteiger partial charge in [0, 0.05) is 30.8 Å². The molecular formula is C14H19FN2OS. The molecule has 1 fully saturated rings. The van der Waals surface area contributed by atoms with Crippen LogP contribution in [0, 0.1) is 5.82 Å². The Hall–Kier alpha value is -1.04. The van der Waals surface area contributed by atoms with Crippen LogP contribution in [-0.2, 0) is 11.3 Å². The van der Waals surface area contributed by atoms with Crippen molar-refractivity contribution in [3.63, 3.8) is 0 Å². The summed E-state index contributed by atoms with van der Waals surface area (Å²) in [6, 6.07) is 4.78. The summed E-state index contributed by atoms with van der Waals surface area (Å²) in [5.41, 5.74) is 6.93. The standard InChI is InChI=1S/C14H19FN2OS/c1-9-6-17(7-10(2)18-9)8-12-5-11(14(16)19)3-4-13(12)15/h3-5,9-10H,6-8H2,1-2H3,(H2,16,19)/t9-,10+. The fourth-order valence-electron chi connectivity index (χ4n) is 2.50. The summed E-state index contributed by atoms with van der Waals surface area (Å²) in [6.07, 6.45) is 0.344. The van der Waals surface area contributed by atoms with Gasteiger partial charge in [0.1, 0.15) is 10.8 Å². The van der Waals surface area contributed by atoms with Crippen LogP contribution >= 0.6 is 12.2 Å². The van der Waals surface area contributed by atoms with Crippen LogP contribution in [0.15, 0.2) is 18.2 Å². The SMILES string of the molecule is C[C@@H]1CN(Cc2cc(C(N)=S)ccc2F)C[C@H](C)O1. The van der Waals surface area contributed by atoms with E-state index in [2.05, 4.69) is 4.90 Å². The van der Waals surface area contributed by atoms with Gasteiger partial charge < -0.3 is 10.5 Å². The lowest BCUT2D eigenvalue weighted by molar-refractivity contribution is -0.0707. The summed E-state index contributed by atoms with van der Waals surface area (Å²) in [5.74, 6) is -0.216. The van der Waals surface area contributed by atoms with Gasteiger partial charge in [-0.2, -0.15) is 0 Å². The predicted molar refractivity (Wildman–Crippen MR) is 77.6 cm³/mol. The van der Waals surface area contributed by atoms with Crippen LogP contribution < -0.4 is 5.73 Å². The lowest BCUT2D eigenvalue weighted by Crippen LogP contribution is -2.44. The molecular weight excluding hydrogens is 263 g/mol. The van der Waals surface area contributed by atoms with Gasteiger partial charge in [0.2, 0.25) is 0 Å². The van der Waals surface area contributed by atoms with Crippen molar-refractivity contribution < 1.29 is 9.13 Å². The maximum Gasteiger partial charge on any atom is 0.127 e. The van der Waals surface area contributed by atoms with Gasteiger partial charge in [-0.05, 0) is 32.0 Å². The van der Waals surface area contributed by atoms with E-state index in [1.165, 1.54) is 6.07 Å². The molecule has 0 saturated carbocycles. The number of rotatable bonds is 3. The van der Waals surface area contributed by atoms with E-state index in [0.29, 0.717) is 22.7 Å². The zero-order valence-corrected chi connectivity index (χ0v) is 12.0. The van der Waals surface area contributed by atoms with E-state index in [9.17, 15) is 4.39 Å². The van der Waals surface area contributed by atoms with Gasteiger partial charge in [-0.1, -0.05) is 12.2 Å². The van der Waals surface area contributed by atoms with E-state index in [0.717, 1.165) is 13.1 Å². The molecule has 2 N–H and O–H groups in total. The number of thiocarbonyl (C=S) groups is 1. The molecule has 1 aliphatic heterocycles. The van der Waals surface area contributed by atoms with Crippen molar-refractivity contribution in [3.05, 3.63) is 35.1 Å². The van der Waals surface area contributed by atoms with E-state index in [1.807, 2.05) is 13.8 Å². The normalized spacial score (nSPS) is 24.4. The maximum absolute atomic E-state index is 13.8. The third-order valence-corrected chi connectivity index (χ3v) is 3.46. The van der Waals surface area contributed by atoms with E-state index in [-0.39, 0.29) is 18.0 Å². The smallest absolute Gasteiger partial charge is 0.127 e. The van der Waals surface area contributed by atoms with Gasteiger partial charge in [0.25, 0.3) is 0 Å². The zero-order valence-electron chi connectivity index (χ0n) is 11.2. The fraction of sp³-hybridized carbons (Fsp3) is 0.500. The topological polar surface area (TPSA) is 38.5 Å². The Balaban J connectivity index is 2.13. The van der Waals surface area contributed by atoms with E-state index < -0.39 is 0 Å². The minimum Gasteiger partial charge on any atom is -0.389 e. The second kappa shape index (κ2) is 5.94. The third-order valence-electron chi connectivity index (χ3n) is 3.22. The molecule has 0 radical (unpaired) electrons. The monoisotopic (exact) mass is 282 g/mol. The van der Waals surface area contributed by atoms with Gasteiger partial charge in [-0.25, -0.2) is 4.39 Å². The second-order valence-electron chi connectivity index (χ2n) is 5.12. The Kier molecular flexibility index (Phi) is 4.50. The molecule has 0 aromatic heterocycles. The molecule has 1 heterocycles. The molecule has 0 amide bonds. The summed E-state index contributed by atoms with van der Waals surface area (Å²) in [5, 5.41) is 0. The number of halogens is 1. The average molecular weight is 282 g/mol. The first-order chi connectivity index (χ1) is 8.95. The number of nitrogens with zero attached hydrogens (tertiary/aromatic N) is 1. The van der Waals surface area contributed by atoms with Crippen molar-refractivity contribution in [1.29, 1.82) is 0 Å². The molecule has 0 aliphatic carbocycles. The lowest BCUT2D eigenvalue weighted by Gasteiger charge is -2.35. The van der Waals surface area contributed by atoms with Crippen LogP contribution in [-0.4, -0.2) is 35.2 Å². The largest absolute Gasteiger partial charge is 0.389 e. The molecule has 2 rings (SSSR count). The number of nitrogens with two attached hydrogens (primary N) is 1. The molecule has 3 nitrogen and oxygen atoms in total. The van der Waals surface area contributed by atoms with Crippen molar-refractivity contribution in [2.45, 2.75) is 32.6 Å². The minimum atomic E-state index is -0.216.